The van der Waals surface area contributed by atoms with Gasteiger partial charge in [-0.2, -0.15) is 5.26 Å². The van der Waals surface area contributed by atoms with Gasteiger partial charge in [0.15, 0.2) is 0 Å². The second-order valence-electron chi connectivity index (χ2n) is 4.44. The van der Waals surface area contributed by atoms with Gasteiger partial charge in [-0.1, -0.05) is 0 Å². The van der Waals surface area contributed by atoms with E-state index in [-0.39, 0.29) is 25.4 Å². The highest BCUT2D eigenvalue weighted by Gasteiger charge is 2.35. The number of hydrogen-bond donors (Lipinski definition) is 0. The Morgan fingerprint density at radius 1 is 1.47 bits per heavy atom. The van der Waals surface area contributed by atoms with Gasteiger partial charge in [0.2, 0.25) is 11.8 Å². The number of rotatable bonds is 5. The summed E-state index contributed by atoms with van der Waals surface area (Å²) in [6, 6.07) is 1.35. The molecule has 7 heteroatoms. The van der Waals surface area contributed by atoms with Crippen LogP contribution in [0.4, 0.5) is 0 Å². The maximum Gasteiger partial charge on any atom is 0.243 e. The highest BCUT2D eigenvalue weighted by atomic mass is 16.2. The molecule has 1 rings (SSSR count). The maximum absolute atomic E-state index is 12.0. The molecule has 1 aliphatic heterocycles. The number of carbonyl (C=O) groups excluding carboxylic acids is 4. The van der Waals surface area contributed by atoms with E-state index in [1.165, 1.54) is 11.9 Å². The molecule has 0 N–H and O–H groups in total. The van der Waals surface area contributed by atoms with Crippen LogP contribution in [0.5, 0.6) is 0 Å². The number of nitrogens with zero attached hydrogens (tertiary/aromatic N) is 3. The fourth-order valence-electron chi connectivity index (χ4n) is 1.97. The van der Waals surface area contributed by atoms with Crippen molar-refractivity contribution in [3.05, 3.63) is 0 Å². The van der Waals surface area contributed by atoms with E-state index >= 15 is 0 Å². The molecule has 1 fully saturated rings. The van der Waals surface area contributed by atoms with Crippen LogP contribution in [0, 0.1) is 17.2 Å². The molecule has 2 unspecified atom stereocenters. The first-order chi connectivity index (χ1) is 9.03. The van der Waals surface area contributed by atoms with Gasteiger partial charge in [0, 0.05) is 19.5 Å². The van der Waals surface area contributed by atoms with Gasteiger partial charge in [0.05, 0.1) is 19.0 Å². The van der Waals surface area contributed by atoms with E-state index in [1.54, 1.807) is 0 Å². The first-order valence-electron chi connectivity index (χ1n) is 5.85. The van der Waals surface area contributed by atoms with Gasteiger partial charge in [-0.25, -0.2) is 0 Å². The molecular weight excluding hydrogens is 250 g/mol. The highest BCUT2D eigenvalue weighted by Crippen LogP contribution is 2.21. The van der Waals surface area contributed by atoms with Crippen LogP contribution in [0.3, 0.4) is 0 Å². The Bertz CT molecular complexity index is 429. The van der Waals surface area contributed by atoms with Gasteiger partial charge in [0.1, 0.15) is 18.6 Å². The molecule has 1 heterocycles. The Hall–Kier alpha value is -2.23. The zero-order valence-corrected chi connectivity index (χ0v) is 10.6. The summed E-state index contributed by atoms with van der Waals surface area (Å²) in [4.78, 5) is 46.7. The lowest BCUT2D eigenvalue weighted by Gasteiger charge is -2.23. The third-order valence-corrected chi connectivity index (χ3v) is 3.05. The molecule has 0 aromatic heterocycles. The Kier molecular flexibility index (Phi) is 5.18. The minimum Gasteiger partial charge on any atom is -0.336 e. The average molecular weight is 265 g/mol. The van der Waals surface area contributed by atoms with E-state index in [0.29, 0.717) is 12.7 Å². The van der Waals surface area contributed by atoms with Gasteiger partial charge in [-0.15, -0.1) is 0 Å². The van der Waals surface area contributed by atoms with Crippen molar-refractivity contribution < 1.29 is 19.2 Å². The monoisotopic (exact) mass is 265 g/mol. The predicted octanol–water partition coefficient (Wildman–Crippen LogP) is -1.03. The van der Waals surface area contributed by atoms with Gasteiger partial charge >= 0.3 is 0 Å². The summed E-state index contributed by atoms with van der Waals surface area (Å²) >= 11 is 0. The van der Waals surface area contributed by atoms with E-state index in [4.69, 9.17) is 5.26 Å². The van der Waals surface area contributed by atoms with Gasteiger partial charge in [-0.05, 0) is 6.42 Å². The third kappa shape index (κ3) is 3.61. The number of nitriles is 1. The van der Waals surface area contributed by atoms with E-state index in [0.717, 1.165) is 11.2 Å². The summed E-state index contributed by atoms with van der Waals surface area (Å²) in [5.41, 5.74) is 0. The largest absolute Gasteiger partial charge is 0.336 e. The third-order valence-electron chi connectivity index (χ3n) is 3.05. The first kappa shape index (κ1) is 14.8. The Balaban J connectivity index is 2.62. The normalized spacial score (nSPS) is 21.6. The van der Waals surface area contributed by atoms with Crippen LogP contribution in [0.15, 0.2) is 0 Å². The van der Waals surface area contributed by atoms with Crippen molar-refractivity contribution in [2.45, 2.75) is 18.9 Å². The number of likely N-dealkylation sites (tertiary alicyclic amines) is 1. The number of likely N-dealkylation sites (N-methyl/N-ethyl adjacent to an activating group) is 1. The molecule has 0 aromatic rings. The minimum atomic E-state index is -0.628. The van der Waals surface area contributed by atoms with Crippen LogP contribution >= 0.6 is 0 Å². The summed E-state index contributed by atoms with van der Waals surface area (Å²) in [6.45, 7) is 0.00665. The predicted molar refractivity (Wildman–Crippen MR) is 63.6 cm³/mol. The van der Waals surface area contributed by atoms with Crippen LogP contribution in [-0.4, -0.2) is 60.4 Å². The fourth-order valence-corrected chi connectivity index (χ4v) is 1.97. The highest BCUT2D eigenvalue weighted by molar-refractivity contribution is 5.91. The van der Waals surface area contributed by atoms with Crippen molar-refractivity contribution in [1.29, 1.82) is 5.26 Å². The van der Waals surface area contributed by atoms with Gasteiger partial charge < -0.3 is 19.4 Å². The molecule has 1 aliphatic rings. The summed E-state index contributed by atoms with van der Waals surface area (Å²) in [7, 11) is 1.42. The second-order valence-corrected chi connectivity index (χ2v) is 4.44. The van der Waals surface area contributed by atoms with Gasteiger partial charge in [0.25, 0.3) is 0 Å². The Labute approximate surface area is 110 Å². The molecule has 2 atom stereocenters. The SMILES string of the molecule is CN(CC(=O)N1CC(C=O)CC1C#N)C(=O)CC=O. The number of hydrogen-bond acceptors (Lipinski definition) is 5. The van der Waals surface area contributed by atoms with E-state index in [9.17, 15) is 19.2 Å². The first-order valence-corrected chi connectivity index (χ1v) is 5.85. The van der Waals surface area contributed by atoms with Crippen molar-refractivity contribution in [2.24, 2.45) is 5.92 Å². The minimum absolute atomic E-state index is 0.198. The Morgan fingerprint density at radius 3 is 2.68 bits per heavy atom. The Morgan fingerprint density at radius 2 is 2.16 bits per heavy atom. The van der Waals surface area contributed by atoms with Gasteiger partial charge in [-0.3, -0.25) is 9.59 Å². The molecular formula is C12H15N3O4. The molecule has 2 amide bonds. The lowest BCUT2D eigenvalue weighted by Crippen LogP contribution is -2.43. The molecule has 0 aromatic carbocycles. The van der Waals surface area contributed by atoms with E-state index in [2.05, 4.69) is 0 Å². The van der Waals surface area contributed by atoms with E-state index in [1.807, 2.05) is 6.07 Å². The van der Waals surface area contributed by atoms with Crippen LogP contribution in [-0.2, 0) is 19.2 Å². The summed E-state index contributed by atoms with van der Waals surface area (Å²) < 4.78 is 0. The lowest BCUT2D eigenvalue weighted by atomic mass is 10.1. The molecule has 1 saturated heterocycles. The zero-order valence-electron chi connectivity index (χ0n) is 10.6. The van der Waals surface area contributed by atoms with Crippen molar-refractivity contribution >= 4 is 24.4 Å². The summed E-state index contributed by atoms with van der Waals surface area (Å²) in [5, 5.41) is 8.94. The van der Waals surface area contributed by atoms with Crippen molar-refractivity contribution in [3.8, 4) is 6.07 Å². The van der Waals surface area contributed by atoms with Crippen molar-refractivity contribution in [3.63, 3.8) is 0 Å². The fraction of sp³-hybridized carbons (Fsp3) is 0.583. The van der Waals surface area contributed by atoms with E-state index < -0.39 is 17.9 Å². The molecule has 0 aliphatic carbocycles. The quantitative estimate of drug-likeness (QED) is 0.467. The van der Waals surface area contributed by atoms with Crippen LogP contribution in [0.1, 0.15) is 12.8 Å². The molecule has 102 valence electrons. The van der Waals surface area contributed by atoms with Crippen LogP contribution in [0.25, 0.3) is 0 Å². The van der Waals surface area contributed by atoms with Crippen LogP contribution in [0.2, 0.25) is 0 Å². The molecule has 0 radical (unpaired) electrons. The number of carbonyl (C=O) groups is 4. The molecule has 0 spiro atoms. The maximum atomic E-state index is 12.0. The zero-order chi connectivity index (χ0) is 14.4. The lowest BCUT2D eigenvalue weighted by molar-refractivity contribution is -0.140. The molecule has 19 heavy (non-hydrogen) atoms. The van der Waals surface area contributed by atoms with Crippen molar-refractivity contribution in [1.82, 2.24) is 9.80 Å². The smallest absolute Gasteiger partial charge is 0.243 e. The summed E-state index contributed by atoms with van der Waals surface area (Å²) in [5.74, 6) is -1.18. The average Bonchev–Trinajstić information content (AvgIpc) is 2.82. The summed E-state index contributed by atoms with van der Waals surface area (Å²) in [6.07, 6.45) is 1.26. The topological polar surface area (TPSA) is 98.5 Å². The number of aldehydes is 2. The number of amides is 2. The molecule has 0 saturated carbocycles. The van der Waals surface area contributed by atoms with Crippen molar-refractivity contribution in [2.75, 3.05) is 20.1 Å². The molecule has 0 bridgehead atoms. The second kappa shape index (κ2) is 6.64. The standard InChI is InChI=1S/C12H15N3O4/c1-14(11(18)2-3-16)7-12(19)15-6-9(8-17)4-10(15)5-13/h3,8-10H,2,4,6-7H2,1H3. The van der Waals surface area contributed by atoms with Crippen LogP contribution < -0.4 is 0 Å². The molecule has 7 nitrogen and oxygen atoms in total.